The van der Waals surface area contributed by atoms with Crippen LogP contribution in [0.4, 0.5) is 0 Å². The highest BCUT2D eigenvalue weighted by atomic mass is 79.9. The zero-order valence-electron chi connectivity index (χ0n) is 7.74. The van der Waals surface area contributed by atoms with E-state index in [-0.39, 0.29) is 11.5 Å². The van der Waals surface area contributed by atoms with Crippen LogP contribution in [0.3, 0.4) is 0 Å². The molecule has 0 saturated heterocycles. The summed E-state index contributed by atoms with van der Waals surface area (Å²) in [5, 5.41) is 0. The van der Waals surface area contributed by atoms with Crippen LogP contribution < -0.4 is 0 Å². The summed E-state index contributed by atoms with van der Waals surface area (Å²) in [6, 6.07) is 2.88. The van der Waals surface area contributed by atoms with Crippen LogP contribution in [-0.4, -0.2) is 27.6 Å². The molecule has 0 aromatic carbocycles. The fourth-order valence-electron chi connectivity index (χ4n) is 0.922. The van der Waals surface area contributed by atoms with Crippen molar-refractivity contribution < 1.29 is 14.3 Å². The van der Waals surface area contributed by atoms with Crippen LogP contribution in [0, 0.1) is 0 Å². The number of aromatic nitrogens is 1. The molecule has 15 heavy (non-hydrogen) atoms. The lowest BCUT2D eigenvalue weighted by atomic mass is 10.2. The summed E-state index contributed by atoms with van der Waals surface area (Å²) in [6.07, 6.45) is 1.39. The smallest absolute Gasteiger partial charge is 0.337 e. The lowest BCUT2D eigenvalue weighted by molar-refractivity contribution is 0.0600. The number of alkyl halides is 2. The Morgan fingerprint density at radius 1 is 1.47 bits per heavy atom. The van der Waals surface area contributed by atoms with Crippen LogP contribution in [0.1, 0.15) is 20.8 Å². The van der Waals surface area contributed by atoms with E-state index in [0.717, 1.165) is 0 Å². The quantitative estimate of drug-likeness (QED) is 0.482. The Kier molecular flexibility index (Phi) is 4.41. The van der Waals surface area contributed by atoms with E-state index in [1.807, 2.05) is 0 Å². The van der Waals surface area contributed by atoms with Gasteiger partial charge >= 0.3 is 5.97 Å². The Morgan fingerprint density at radius 2 is 2.13 bits per heavy atom. The van der Waals surface area contributed by atoms with Crippen molar-refractivity contribution in [2.75, 3.05) is 7.11 Å². The van der Waals surface area contributed by atoms with E-state index in [2.05, 4.69) is 41.6 Å². The largest absolute Gasteiger partial charge is 0.465 e. The number of esters is 1. The first-order valence-electron chi connectivity index (χ1n) is 3.93. The van der Waals surface area contributed by atoms with Gasteiger partial charge in [-0.1, -0.05) is 31.9 Å². The van der Waals surface area contributed by atoms with Crippen LogP contribution in [0.5, 0.6) is 0 Å². The van der Waals surface area contributed by atoms with E-state index < -0.39 is 9.71 Å². The second-order valence-corrected chi connectivity index (χ2v) is 5.65. The van der Waals surface area contributed by atoms with Crippen molar-refractivity contribution in [3.63, 3.8) is 0 Å². The molecule has 0 N–H and O–H groups in total. The first-order chi connectivity index (χ1) is 7.06. The van der Waals surface area contributed by atoms with Gasteiger partial charge < -0.3 is 4.74 Å². The van der Waals surface area contributed by atoms with E-state index in [1.54, 1.807) is 0 Å². The number of Topliss-reactive ketones (excluding diaryl/α,β-unsaturated/α-hetero) is 1. The van der Waals surface area contributed by atoms with Crippen LogP contribution in [0.2, 0.25) is 0 Å². The van der Waals surface area contributed by atoms with E-state index in [1.165, 1.54) is 25.4 Å². The van der Waals surface area contributed by atoms with E-state index in [9.17, 15) is 9.59 Å². The molecule has 1 aromatic heterocycles. The number of nitrogens with zero attached hydrogens (tertiary/aromatic N) is 1. The Hall–Kier alpha value is -0.750. The van der Waals surface area contributed by atoms with Gasteiger partial charge in [-0.15, -0.1) is 0 Å². The summed E-state index contributed by atoms with van der Waals surface area (Å²) in [6.45, 7) is 0. The summed E-state index contributed by atoms with van der Waals surface area (Å²) >= 11 is 6.13. The summed E-state index contributed by atoms with van der Waals surface area (Å²) in [4.78, 5) is 26.5. The number of pyridine rings is 1. The second kappa shape index (κ2) is 5.37. The predicted octanol–water partition coefficient (Wildman–Crippen LogP) is 2.17. The molecule has 0 amide bonds. The molecular formula is C9H7Br2NO3. The molecule has 0 aliphatic rings. The second-order valence-electron chi connectivity index (χ2n) is 2.59. The van der Waals surface area contributed by atoms with Gasteiger partial charge in [0.1, 0.15) is 9.43 Å². The van der Waals surface area contributed by atoms with Gasteiger partial charge in [-0.3, -0.25) is 9.78 Å². The molecule has 1 rings (SSSR count). The Balaban J connectivity index is 3.02. The molecule has 1 heterocycles. The Labute approximate surface area is 103 Å². The molecule has 80 valence electrons. The van der Waals surface area contributed by atoms with Gasteiger partial charge in [0.05, 0.1) is 12.7 Å². The predicted molar refractivity (Wildman–Crippen MR) is 61.5 cm³/mol. The molecule has 0 aliphatic carbocycles. The van der Waals surface area contributed by atoms with Crippen molar-refractivity contribution in [2.24, 2.45) is 0 Å². The van der Waals surface area contributed by atoms with Crippen molar-refractivity contribution in [1.29, 1.82) is 0 Å². The number of methoxy groups -OCH3 is 1. The van der Waals surface area contributed by atoms with Crippen LogP contribution in [-0.2, 0) is 4.74 Å². The zero-order chi connectivity index (χ0) is 11.4. The number of halogens is 2. The third-order valence-electron chi connectivity index (χ3n) is 1.63. The van der Waals surface area contributed by atoms with E-state index in [4.69, 9.17) is 0 Å². The van der Waals surface area contributed by atoms with Crippen LogP contribution >= 0.6 is 31.9 Å². The molecule has 0 unspecified atom stereocenters. The van der Waals surface area contributed by atoms with Crippen LogP contribution in [0.15, 0.2) is 18.3 Å². The third-order valence-corrected chi connectivity index (χ3v) is 2.46. The van der Waals surface area contributed by atoms with Crippen LogP contribution in [0.25, 0.3) is 0 Å². The lowest BCUT2D eigenvalue weighted by Gasteiger charge is -2.02. The van der Waals surface area contributed by atoms with Gasteiger partial charge in [0, 0.05) is 6.20 Å². The van der Waals surface area contributed by atoms with Gasteiger partial charge in [0.25, 0.3) is 0 Å². The number of ether oxygens (including phenoxy) is 1. The lowest BCUT2D eigenvalue weighted by Crippen LogP contribution is -2.11. The van der Waals surface area contributed by atoms with Crippen molar-refractivity contribution in [3.8, 4) is 0 Å². The van der Waals surface area contributed by atoms with Crippen molar-refractivity contribution in [1.82, 2.24) is 4.98 Å². The minimum atomic E-state index is -0.509. The van der Waals surface area contributed by atoms with E-state index >= 15 is 0 Å². The molecule has 4 nitrogen and oxygen atoms in total. The number of carbonyl (C=O) groups is 2. The highest BCUT2D eigenvalue weighted by Gasteiger charge is 2.16. The maximum atomic E-state index is 11.5. The minimum absolute atomic E-state index is 0.205. The van der Waals surface area contributed by atoms with E-state index in [0.29, 0.717) is 5.56 Å². The molecule has 0 spiro atoms. The first-order valence-corrected chi connectivity index (χ1v) is 5.76. The van der Waals surface area contributed by atoms with Gasteiger partial charge in [0.2, 0.25) is 5.78 Å². The summed E-state index contributed by atoms with van der Waals surface area (Å²) in [7, 11) is 1.28. The Morgan fingerprint density at radius 3 is 2.67 bits per heavy atom. The minimum Gasteiger partial charge on any atom is -0.465 e. The highest BCUT2D eigenvalue weighted by Crippen LogP contribution is 2.15. The van der Waals surface area contributed by atoms with Gasteiger partial charge in [0.15, 0.2) is 0 Å². The number of ketones is 1. The third kappa shape index (κ3) is 3.10. The molecule has 0 aliphatic heterocycles. The fourth-order valence-corrected chi connectivity index (χ4v) is 1.39. The molecular weight excluding hydrogens is 330 g/mol. The zero-order valence-corrected chi connectivity index (χ0v) is 10.9. The maximum Gasteiger partial charge on any atom is 0.337 e. The standard InChI is InChI=1S/C9H7Br2NO3/c1-15-9(14)5-2-3-12-6(4-5)7(13)8(10)11/h2-4,8H,1H3. The number of carbonyl (C=O) groups excluding carboxylic acids is 2. The summed E-state index contributed by atoms with van der Waals surface area (Å²) in [5.74, 6) is -0.743. The van der Waals surface area contributed by atoms with Crippen molar-refractivity contribution >= 4 is 43.6 Å². The summed E-state index contributed by atoms with van der Waals surface area (Å²) < 4.78 is 4.02. The first kappa shape index (κ1) is 12.3. The molecule has 0 radical (unpaired) electrons. The molecule has 1 aromatic rings. The highest BCUT2D eigenvalue weighted by molar-refractivity contribution is 9.25. The molecule has 0 bridgehead atoms. The molecule has 6 heteroatoms. The SMILES string of the molecule is COC(=O)c1ccnc(C(=O)C(Br)Br)c1. The average Bonchev–Trinajstić information content (AvgIpc) is 2.27. The van der Waals surface area contributed by atoms with Gasteiger partial charge in [-0.2, -0.15) is 0 Å². The fraction of sp³-hybridized carbons (Fsp3) is 0.222. The normalized spacial score (nSPS) is 10.1. The number of hydrogen-bond acceptors (Lipinski definition) is 4. The maximum absolute atomic E-state index is 11.5. The monoisotopic (exact) mass is 335 g/mol. The molecule has 0 fully saturated rings. The topological polar surface area (TPSA) is 56.3 Å². The van der Waals surface area contributed by atoms with Gasteiger partial charge in [-0.05, 0) is 12.1 Å². The molecule has 0 saturated carbocycles. The number of hydrogen-bond donors (Lipinski definition) is 0. The van der Waals surface area contributed by atoms with Gasteiger partial charge in [-0.25, -0.2) is 4.79 Å². The summed E-state index contributed by atoms with van der Waals surface area (Å²) in [5.41, 5.74) is 0.508. The molecule has 0 atom stereocenters. The number of rotatable bonds is 3. The average molecular weight is 337 g/mol. The van der Waals surface area contributed by atoms with Crippen molar-refractivity contribution in [2.45, 2.75) is 3.74 Å². The Bertz CT molecular complexity index is 393. The van der Waals surface area contributed by atoms with Crippen molar-refractivity contribution in [3.05, 3.63) is 29.6 Å².